The standard InChI is InChI=1S/C29H35BrN4O2/c1-19-3-6-25-21(15-19)4-5-22-17-24(30)18-32-27(22)29(25,2)23-9-13-33(14-10-23)26(35)16-20-7-11-34(12-8-20)28(31)36/h3-6,15,17-18,20,23H,7-14,16H2,1-2H3,(H2,31,36). The fourth-order valence-electron chi connectivity index (χ4n) is 6.47. The molecule has 2 N–H and O–H groups in total. The van der Waals surface area contributed by atoms with Crippen molar-refractivity contribution in [1.29, 1.82) is 0 Å². The molecule has 2 fully saturated rings. The molecule has 1 aromatic heterocycles. The van der Waals surface area contributed by atoms with Crippen LogP contribution in [-0.2, 0) is 10.2 Å². The number of rotatable bonds is 3. The molecule has 0 saturated carbocycles. The number of aryl methyl sites for hydroxylation is 1. The summed E-state index contributed by atoms with van der Waals surface area (Å²) in [6.45, 7) is 7.36. The highest BCUT2D eigenvalue weighted by Crippen LogP contribution is 2.48. The van der Waals surface area contributed by atoms with Crippen molar-refractivity contribution in [3.05, 3.63) is 62.9 Å². The molecule has 3 aliphatic rings. The smallest absolute Gasteiger partial charge is 0.314 e. The second-order valence-corrected chi connectivity index (χ2v) is 11.8. The zero-order chi connectivity index (χ0) is 25.4. The van der Waals surface area contributed by atoms with Crippen molar-refractivity contribution in [2.75, 3.05) is 26.2 Å². The zero-order valence-electron chi connectivity index (χ0n) is 21.2. The van der Waals surface area contributed by atoms with Crippen LogP contribution in [0.3, 0.4) is 0 Å². The van der Waals surface area contributed by atoms with Crippen LogP contribution >= 0.6 is 15.9 Å². The van der Waals surface area contributed by atoms with Crippen LogP contribution in [-0.4, -0.2) is 52.9 Å². The maximum absolute atomic E-state index is 13.2. The van der Waals surface area contributed by atoms with E-state index in [0.717, 1.165) is 54.5 Å². The quantitative estimate of drug-likeness (QED) is 0.558. The average Bonchev–Trinajstić information content (AvgIpc) is 2.99. The van der Waals surface area contributed by atoms with E-state index in [1.54, 1.807) is 4.90 Å². The lowest BCUT2D eigenvalue weighted by Gasteiger charge is -2.44. The Labute approximate surface area is 222 Å². The molecule has 0 spiro atoms. The minimum Gasteiger partial charge on any atom is -0.351 e. The predicted molar refractivity (Wildman–Crippen MR) is 146 cm³/mol. The molecule has 2 aromatic rings. The molecule has 36 heavy (non-hydrogen) atoms. The van der Waals surface area contributed by atoms with Crippen LogP contribution in [0.25, 0.3) is 12.2 Å². The van der Waals surface area contributed by atoms with Crippen LogP contribution in [0.5, 0.6) is 0 Å². The number of likely N-dealkylation sites (tertiary alicyclic amines) is 2. The first-order valence-corrected chi connectivity index (χ1v) is 13.8. The molecule has 1 aliphatic carbocycles. The summed E-state index contributed by atoms with van der Waals surface area (Å²) < 4.78 is 0.984. The fourth-order valence-corrected chi connectivity index (χ4v) is 6.82. The number of carbonyl (C=O) groups is 2. The molecule has 5 rings (SSSR count). The van der Waals surface area contributed by atoms with Gasteiger partial charge in [0.15, 0.2) is 0 Å². The van der Waals surface area contributed by atoms with Gasteiger partial charge in [-0.25, -0.2) is 4.79 Å². The number of nitrogens with two attached hydrogens (primary N) is 1. The zero-order valence-corrected chi connectivity index (χ0v) is 22.8. The van der Waals surface area contributed by atoms with Gasteiger partial charge in [0.1, 0.15) is 0 Å². The SMILES string of the molecule is Cc1ccc2c(c1)C=Cc1cc(Br)cnc1C2(C)C1CCN(C(=O)CC2CCN(C(N)=O)CC2)CC1. The first-order chi connectivity index (χ1) is 17.3. The summed E-state index contributed by atoms with van der Waals surface area (Å²) in [5.74, 6) is 0.965. The van der Waals surface area contributed by atoms with E-state index in [-0.39, 0.29) is 17.4 Å². The topological polar surface area (TPSA) is 79.5 Å². The molecule has 1 aromatic carbocycles. The van der Waals surface area contributed by atoms with Gasteiger partial charge in [0.2, 0.25) is 5.91 Å². The summed E-state index contributed by atoms with van der Waals surface area (Å²) in [7, 11) is 0. The Kier molecular flexibility index (Phi) is 6.95. The minimum atomic E-state index is -0.357. The number of fused-ring (bicyclic) bond motifs is 2. The van der Waals surface area contributed by atoms with E-state index in [0.29, 0.717) is 31.3 Å². The van der Waals surface area contributed by atoms with Crippen LogP contribution in [0.2, 0.25) is 0 Å². The van der Waals surface area contributed by atoms with Gasteiger partial charge in [-0.05, 0) is 90.1 Å². The Balaban J connectivity index is 1.32. The third kappa shape index (κ3) is 4.70. The van der Waals surface area contributed by atoms with Gasteiger partial charge >= 0.3 is 6.03 Å². The number of nitrogens with zero attached hydrogens (tertiary/aromatic N) is 3. The minimum absolute atomic E-state index is 0.237. The van der Waals surface area contributed by atoms with Crippen molar-refractivity contribution >= 4 is 40.0 Å². The first-order valence-electron chi connectivity index (χ1n) is 13.0. The average molecular weight is 552 g/mol. The van der Waals surface area contributed by atoms with Crippen molar-refractivity contribution < 1.29 is 9.59 Å². The number of carbonyl (C=O) groups excluding carboxylic acids is 2. The molecule has 1 atom stereocenters. The lowest BCUT2D eigenvalue weighted by atomic mass is 9.64. The van der Waals surface area contributed by atoms with Gasteiger partial charge < -0.3 is 15.5 Å². The van der Waals surface area contributed by atoms with Crippen molar-refractivity contribution in [2.45, 2.75) is 51.4 Å². The van der Waals surface area contributed by atoms with Gasteiger partial charge in [-0.15, -0.1) is 0 Å². The van der Waals surface area contributed by atoms with Gasteiger partial charge in [0.25, 0.3) is 0 Å². The van der Waals surface area contributed by atoms with Gasteiger partial charge in [-0.1, -0.05) is 35.9 Å². The molecular weight excluding hydrogens is 516 g/mol. The predicted octanol–water partition coefficient (Wildman–Crippen LogP) is 5.36. The number of hydrogen-bond donors (Lipinski definition) is 1. The van der Waals surface area contributed by atoms with Crippen molar-refractivity contribution in [3.63, 3.8) is 0 Å². The lowest BCUT2D eigenvalue weighted by Crippen LogP contribution is -2.46. The second-order valence-electron chi connectivity index (χ2n) is 10.8. The Bertz CT molecular complexity index is 1140. The summed E-state index contributed by atoms with van der Waals surface area (Å²) in [6.07, 6.45) is 10.5. The van der Waals surface area contributed by atoms with E-state index in [1.807, 2.05) is 6.20 Å². The van der Waals surface area contributed by atoms with Gasteiger partial charge in [0, 0.05) is 48.7 Å². The normalized spacial score (nSPS) is 22.6. The van der Waals surface area contributed by atoms with E-state index < -0.39 is 0 Å². The maximum atomic E-state index is 13.2. The molecule has 2 saturated heterocycles. The van der Waals surface area contributed by atoms with E-state index in [4.69, 9.17) is 10.7 Å². The van der Waals surface area contributed by atoms with E-state index in [2.05, 4.69) is 71.1 Å². The second kappa shape index (κ2) is 10.0. The Morgan fingerprint density at radius 1 is 1.03 bits per heavy atom. The maximum Gasteiger partial charge on any atom is 0.314 e. The Morgan fingerprint density at radius 3 is 2.39 bits per heavy atom. The van der Waals surface area contributed by atoms with Crippen LogP contribution in [0.4, 0.5) is 4.79 Å². The molecule has 0 radical (unpaired) electrons. The Morgan fingerprint density at radius 2 is 1.69 bits per heavy atom. The first kappa shape index (κ1) is 25.0. The molecule has 3 heterocycles. The highest BCUT2D eigenvalue weighted by atomic mass is 79.9. The van der Waals surface area contributed by atoms with Gasteiger partial charge in [-0.3, -0.25) is 9.78 Å². The van der Waals surface area contributed by atoms with Crippen molar-refractivity contribution in [1.82, 2.24) is 14.8 Å². The fraction of sp³-hybridized carbons (Fsp3) is 0.483. The van der Waals surface area contributed by atoms with E-state index in [1.165, 1.54) is 16.7 Å². The summed E-state index contributed by atoms with van der Waals surface area (Å²) in [5.41, 5.74) is 11.3. The molecule has 3 amide bonds. The number of benzene rings is 1. The van der Waals surface area contributed by atoms with E-state index >= 15 is 0 Å². The van der Waals surface area contributed by atoms with Crippen molar-refractivity contribution in [2.24, 2.45) is 17.6 Å². The van der Waals surface area contributed by atoms with Crippen LogP contribution < -0.4 is 5.73 Å². The lowest BCUT2D eigenvalue weighted by molar-refractivity contribution is -0.134. The van der Waals surface area contributed by atoms with Crippen LogP contribution in [0, 0.1) is 18.8 Å². The van der Waals surface area contributed by atoms with Crippen LogP contribution in [0.15, 0.2) is 34.9 Å². The number of piperidine rings is 2. The summed E-state index contributed by atoms with van der Waals surface area (Å²) in [4.78, 5) is 33.3. The number of amides is 3. The highest BCUT2D eigenvalue weighted by molar-refractivity contribution is 9.10. The third-order valence-corrected chi connectivity index (χ3v) is 9.07. The number of aromatic nitrogens is 1. The number of urea groups is 1. The van der Waals surface area contributed by atoms with Crippen molar-refractivity contribution in [3.8, 4) is 0 Å². The molecule has 1 unspecified atom stereocenters. The number of primary amides is 1. The largest absolute Gasteiger partial charge is 0.351 e. The molecule has 0 bridgehead atoms. The number of hydrogen-bond acceptors (Lipinski definition) is 3. The number of halogens is 1. The van der Waals surface area contributed by atoms with Crippen LogP contribution in [0.1, 0.15) is 67.0 Å². The molecule has 2 aliphatic heterocycles. The Hall–Kier alpha value is -2.67. The molecule has 6 nitrogen and oxygen atoms in total. The highest BCUT2D eigenvalue weighted by Gasteiger charge is 2.44. The molecule has 7 heteroatoms. The summed E-state index contributed by atoms with van der Waals surface area (Å²) in [6, 6.07) is 8.57. The van der Waals surface area contributed by atoms with E-state index in [9.17, 15) is 9.59 Å². The summed E-state index contributed by atoms with van der Waals surface area (Å²) in [5, 5.41) is 0. The van der Waals surface area contributed by atoms with Gasteiger partial charge in [0.05, 0.1) is 5.69 Å². The molecular formula is C29H35BrN4O2. The summed E-state index contributed by atoms with van der Waals surface area (Å²) >= 11 is 3.60. The monoisotopic (exact) mass is 550 g/mol. The third-order valence-electron chi connectivity index (χ3n) is 8.64. The number of pyridine rings is 1. The molecule has 190 valence electrons. The van der Waals surface area contributed by atoms with Gasteiger partial charge in [-0.2, -0.15) is 0 Å².